The zero-order chi connectivity index (χ0) is 31.0. The van der Waals surface area contributed by atoms with Gasteiger partial charge in [-0.05, 0) is 80.6 Å². The Labute approximate surface area is 252 Å². The highest BCUT2D eigenvalue weighted by Crippen LogP contribution is 2.25. The molecular weight excluding hydrogens is 560 g/mol. The van der Waals surface area contributed by atoms with E-state index >= 15 is 0 Å². The molecule has 0 saturated carbocycles. The van der Waals surface area contributed by atoms with Crippen molar-refractivity contribution in [3.63, 3.8) is 0 Å². The SMILES string of the molecule is CCC(NC(=O)c1cccc2cc3cc(F)ccc3nc12)N(C)C(CC)NC(=O)c1cccc2cc3cc(F)ccc3nc12. The Morgan fingerprint density at radius 3 is 1.50 bits per heavy atom. The molecule has 0 aliphatic heterocycles. The number of hydrogen-bond donors (Lipinski definition) is 2. The van der Waals surface area contributed by atoms with Crippen LogP contribution in [-0.4, -0.2) is 46.1 Å². The second-order valence-electron chi connectivity index (χ2n) is 10.9. The van der Waals surface area contributed by atoms with Gasteiger partial charge < -0.3 is 10.6 Å². The summed E-state index contributed by atoms with van der Waals surface area (Å²) >= 11 is 0. The highest BCUT2D eigenvalue weighted by atomic mass is 19.1. The van der Waals surface area contributed by atoms with Gasteiger partial charge >= 0.3 is 0 Å². The van der Waals surface area contributed by atoms with Crippen molar-refractivity contribution in [1.82, 2.24) is 25.5 Å². The van der Waals surface area contributed by atoms with Gasteiger partial charge in [0.05, 0.1) is 45.5 Å². The van der Waals surface area contributed by atoms with E-state index in [1.807, 2.05) is 50.1 Å². The van der Waals surface area contributed by atoms with Crippen LogP contribution in [0.25, 0.3) is 43.6 Å². The van der Waals surface area contributed by atoms with Crippen LogP contribution in [0.5, 0.6) is 0 Å². The molecule has 0 fully saturated rings. The fourth-order valence-electron chi connectivity index (χ4n) is 5.69. The number of pyridine rings is 2. The largest absolute Gasteiger partial charge is 0.336 e. The van der Waals surface area contributed by atoms with Crippen LogP contribution in [0.1, 0.15) is 47.4 Å². The predicted octanol–water partition coefficient (Wildman–Crippen LogP) is 6.93. The number of nitrogens with one attached hydrogen (secondary N) is 2. The van der Waals surface area contributed by atoms with E-state index in [2.05, 4.69) is 20.6 Å². The van der Waals surface area contributed by atoms with Crippen LogP contribution in [0.2, 0.25) is 0 Å². The van der Waals surface area contributed by atoms with Crippen molar-refractivity contribution in [2.24, 2.45) is 0 Å². The van der Waals surface area contributed by atoms with E-state index in [1.54, 1.807) is 36.4 Å². The zero-order valence-corrected chi connectivity index (χ0v) is 24.6. The lowest BCUT2D eigenvalue weighted by Gasteiger charge is -2.35. The van der Waals surface area contributed by atoms with Crippen molar-refractivity contribution in [1.29, 1.82) is 0 Å². The normalized spacial score (nSPS) is 13.0. The Morgan fingerprint density at radius 1 is 0.659 bits per heavy atom. The summed E-state index contributed by atoms with van der Waals surface area (Å²) in [6.07, 6.45) is 0.352. The number of para-hydroxylation sites is 2. The summed E-state index contributed by atoms with van der Waals surface area (Å²) in [6.45, 7) is 3.92. The molecular formula is C35H31F2N5O2. The molecule has 222 valence electrons. The van der Waals surface area contributed by atoms with Crippen LogP contribution in [-0.2, 0) is 0 Å². The first-order valence-corrected chi connectivity index (χ1v) is 14.6. The van der Waals surface area contributed by atoms with E-state index < -0.39 is 12.3 Å². The van der Waals surface area contributed by atoms with E-state index in [0.717, 1.165) is 10.8 Å². The van der Waals surface area contributed by atoms with Crippen molar-refractivity contribution in [3.8, 4) is 0 Å². The maximum Gasteiger partial charge on any atom is 0.254 e. The van der Waals surface area contributed by atoms with E-state index in [4.69, 9.17) is 0 Å². The molecule has 0 saturated heterocycles. The molecule has 9 heteroatoms. The van der Waals surface area contributed by atoms with E-state index in [9.17, 15) is 18.4 Å². The van der Waals surface area contributed by atoms with Crippen LogP contribution >= 0.6 is 0 Å². The summed E-state index contributed by atoms with van der Waals surface area (Å²) in [5.41, 5.74) is 3.07. The quantitative estimate of drug-likeness (QED) is 0.148. The third-order valence-electron chi connectivity index (χ3n) is 8.04. The minimum Gasteiger partial charge on any atom is -0.336 e. The molecule has 2 N–H and O–H groups in total. The lowest BCUT2D eigenvalue weighted by molar-refractivity contribution is 0.0701. The third-order valence-corrected chi connectivity index (χ3v) is 8.04. The van der Waals surface area contributed by atoms with Gasteiger partial charge in [-0.1, -0.05) is 38.1 Å². The second kappa shape index (κ2) is 11.9. The molecule has 0 bridgehead atoms. The number of amides is 2. The predicted molar refractivity (Wildman–Crippen MR) is 169 cm³/mol. The van der Waals surface area contributed by atoms with Gasteiger partial charge in [-0.2, -0.15) is 0 Å². The van der Waals surface area contributed by atoms with Gasteiger partial charge in [0, 0.05) is 21.5 Å². The van der Waals surface area contributed by atoms with Crippen molar-refractivity contribution in [2.45, 2.75) is 39.0 Å². The first kappa shape index (κ1) is 29.1. The number of hydrogen-bond acceptors (Lipinski definition) is 5. The van der Waals surface area contributed by atoms with Gasteiger partial charge in [0.2, 0.25) is 0 Å². The van der Waals surface area contributed by atoms with Gasteiger partial charge in [0.1, 0.15) is 11.6 Å². The summed E-state index contributed by atoms with van der Waals surface area (Å²) in [4.78, 5) is 38.5. The van der Waals surface area contributed by atoms with Crippen LogP contribution in [0.3, 0.4) is 0 Å². The van der Waals surface area contributed by atoms with Gasteiger partial charge in [-0.25, -0.2) is 18.7 Å². The standard InChI is InChI=1S/C35H31F2N5O2/c1-4-30(40-34(43)26-10-6-8-20-16-22-18-24(36)12-14-28(22)38-32(20)26)42(3)31(5-2)41-35(44)27-11-7-9-21-17-23-19-25(37)13-15-29(23)39-33(21)27/h6-19,30-31H,4-5H2,1-3H3,(H,40,43)(H,41,44). The van der Waals surface area contributed by atoms with Crippen LogP contribution < -0.4 is 10.6 Å². The first-order valence-electron chi connectivity index (χ1n) is 14.6. The number of nitrogens with zero attached hydrogens (tertiary/aromatic N) is 3. The monoisotopic (exact) mass is 591 g/mol. The van der Waals surface area contributed by atoms with Crippen LogP contribution in [0, 0.1) is 11.6 Å². The number of halogens is 2. The smallest absolute Gasteiger partial charge is 0.254 e. The molecule has 6 rings (SSSR count). The van der Waals surface area contributed by atoms with Gasteiger partial charge in [-0.3, -0.25) is 14.5 Å². The first-order chi connectivity index (χ1) is 21.2. The van der Waals surface area contributed by atoms with E-state index in [0.29, 0.717) is 56.8 Å². The third kappa shape index (κ3) is 5.54. The Morgan fingerprint density at radius 2 is 1.09 bits per heavy atom. The number of fused-ring (bicyclic) bond motifs is 4. The topological polar surface area (TPSA) is 87.2 Å². The van der Waals surface area contributed by atoms with Crippen molar-refractivity contribution < 1.29 is 18.4 Å². The molecule has 0 spiro atoms. The number of benzene rings is 4. The van der Waals surface area contributed by atoms with Gasteiger partial charge in [-0.15, -0.1) is 0 Å². The van der Waals surface area contributed by atoms with E-state index in [1.165, 1.54) is 24.3 Å². The van der Waals surface area contributed by atoms with Crippen LogP contribution in [0.4, 0.5) is 8.78 Å². The Kier molecular flexibility index (Phi) is 7.88. The lowest BCUT2D eigenvalue weighted by Crippen LogP contribution is -2.55. The molecule has 2 aromatic heterocycles. The van der Waals surface area contributed by atoms with Crippen molar-refractivity contribution >= 4 is 55.4 Å². The maximum atomic E-state index is 13.8. The minimum atomic E-state index is -0.401. The maximum absolute atomic E-state index is 13.8. The molecule has 0 aliphatic carbocycles. The summed E-state index contributed by atoms with van der Waals surface area (Å²) in [7, 11) is 1.86. The van der Waals surface area contributed by atoms with E-state index in [-0.39, 0.29) is 23.4 Å². The zero-order valence-electron chi connectivity index (χ0n) is 24.6. The molecule has 6 aromatic rings. The summed E-state index contributed by atoms with van der Waals surface area (Å²) in [5.74, 6) is -1.29. The minimum absolute atomic E-state index is 0.300. The summed E-state index contributed by atoms with van der Waals surface area (Å²) in [5, 5.41) is 9.00. The lowest BCUT2D eigenvalue weighted by atomic mass is 10.1. The number of carbonyl (C=O) groups is 2. The summed E-state index contributed by atoms with van der Waals surface area (Å²) < 4.78 is 27.5. The Bertz CT molecular complexity index is 1920. The average molecular weight is 592 g/mol. The molecule has 44 heavy (non-hydrogen) atoms. The molecule has 2 atom stereocenters. The molecule has 2 heterocycles. The molecule has 7 nitrogen and oxygen atoms in total. The number of aromatic nitrogens is 2. The van der Waals surface area contributed by atoms with Gasteiger partial charge in [0.25, 0.3) is 11.8 Å². The fourth-order valence-corrected chi connectivity index (χ4v) is 5.69. The van der Waals surface area contributed by atoms with Gasteiger partial charge in [0.15, 0.2) is 0 Å². The van der Waals surface area contributed by atoms with Crippen molar-refractivity contribution in [2.75, 3.05) is 7.05 Å². The molecule has 4 aromatic carbocycles. The van der Waals surface area contributed by atoms with Crippen molar-refractivity contribution in [3.05, 3.63) is 108 Å². The second-order valence-corrected chi connectivity index (χ2v) is 10.9. The number of carbonyl (C=O) groups excluding carboxylic acids is 2. The molecule has 2 unspecified atom stereocenters. The van der Waals surface area contributed by atoms with Crippen LogP contribution in [0.15, 0.2) is 84.9 Å². The molecule has 0 aliphatic rings. The highest BCUT2D eigenvalue weighted by Gasteiger charge is 2.26. The summed E-state index contributed by atoms with van der Waals surface area (Å²) in [6, 6.07) is 23.1. The molecule has 2 amide bonds. The highest BCUT2D eigenvalue weighted by molar-refractivity contribution is 6.09. The Hall–Kier alpha value is -5.02. The average Bonchev–Trinajstić information content (AvgIpc) is 3.03. The molecule has 0 radical (unpaired) electrons. The Balaban J connectivity index is 1.23. The number of rotatable bonds is 8. The fraction of sp³-hybridized carbons (Fsp3) is 0.200.